The van der Waals surface area contributed by atoms with Gasteiger partial charge in [0.25, 0.3) is 0 Å². The third-order valence-corrected chi connectivity index (χ3v) is 3.52. The third kappa shape index (κ3) is 2.53. The van der Waals surface area contributed by atoms with Gasteiger partial charge < -0.3 is 0 Å². The van der Waals surface area contributed by atoms with E-state index in [0.717, 1.165) is 37.4 Å². The molecule has 2 heterocycles. The molecule has 1 aliphatic carbocycles. The number of hydrogen-bond acceptors (Lipinski definition) is 2. The summed E-state index contributed by atoms with van der Waals surface area (Å²) in [5, 5.41) is 0. The minimum Gasteiger partial charge on any atom is -0.253 e. The SMILES string of the molecule is FC(F)(F)c1cc(-c2ccc3c(n2)CCCC3)ccn1. The Morgan fingerprint density at radius 2 is 1.80 bits per heavy atom. The second-order valence-electron chi connectivity index (χ2n) is 4.94. The van der Waals surface area contributed by atoms with Crippen molar-refractivity contribution < 1.29 is 13.2 Å². The number of nitrogens with zero attached hydrogens (tertiary/aromatic N) is 2. The zero-order valence-corrected chi connectivity index (χ0v) is 10.7. The van der Waals surface area contributed by atoms with Gasteiger partial charge in [0.2, 0.25) is 0 Å². The van der Waals surface area contributed by atoms with Gasteiger partial charge in [-0.3, -0.25) is 9.97 Å². The number of hydrogen-bond donors (Lipinski definition) is 0. The van der Waals surface area contributed by atoms with E-state index < -0.39 is 11.9 Å². The van der Waals surface area contributed by atoms with Gasteiger partial charge in [0, 0.05) is 17.5 Å². The summed E-state index contributed by atoms with van der Waals surface area (Å²) >= 11 is 0. The van der Waals surface area contributed by atoms with E-state index in [1.165, 1.54) is 11.8 Å². The minimum atomic E-state index is -4.43. The summed E-state index contributed by atoms with van der Waals surface area (Å²) in [6, 6.07) is 6.38. The average molecular weight is 278 g/mol. The van der Waals surface area contributed by atoms with Crippen LogP contribution in [0.5, 0.6) is 0 Å². The number of alkyl halides is 3. The summed E-state index contributed by atoms with van der Waals surface area (Å²) in [4.78, 5) is 7.88. The smallest absolute Gasteiger partial charge is 0.253 e. The maximum absolute atomic E-state index is 12.7. The van der Waals surface area contributed by atoms with Crippen molar-refractivity contribution in [2.75, 3.05) is 0 Å². The maximum atomic E-state index is 12.7. The molecule has 0 unspecified atom stereocenters. The molecule has 3 rings (SSSR count). The monoisotopic (exact) mass is 278 g/mol. The van der Waals surface area contributed by atoms with Gasteiger partial charge in [0.05, 0.1) is 5.69 Å². The zero-order chi connectivity index (χ0) is 14.2. The molecule has 0 amide bonds. The summed E-state index contributed by atoms with van der Waals surface area (Å²) in [5.41, 5.74) is 2.39. The van der Waals surface area contributed by atoms with E-state index in [-0.39, 0.29) is 0 Å². The Balaban J connectivity index is 2.01. The van der Waals surface area contributed by atoms with Crippen LogP contribution in [0.4, 0.5) is 13.2 Å². The van der Waals surface area contributed by atoms with Gasteiger partial charge in [-0.05, 0) is 49.4 Å². The number of pyridine rings is 2. The highest BCUT2D eigenvalue weighted by molar-refractivity contribution is 5.60. The number of fused-ring (bicyclic) bond motifs is 1. The predicted molar refractivity (Wildman–Crippen MR) is 69.1 cm³/mol. The quantitative estimate of drug-likeness (QED) is 0.786. The van der Waals surface area contributed by atoms with Crippen molar-refractivity contribution in [3.63, 3.8) is 0 Å². The normalized spacial score (nSPS) is 14.9. The Morgan fingerprint density at radius 3 is 2.60 bits per heavy atom. The number of rotatable bonds is 1. The molecule has 0 atom stereocenters. The molecule has 0 fully saturated rings. The van der Waals surface area contributed by atoms with Gasteiger partial charge in [-0.2, -0.15) is 13.2 Å². The van der Waals surface area contributed by atoms with Crippen molar-refractivity contribution in [1.82, 2.24) is 9.97 Å². The van der Waals surface area contributed by atoms with Gasteiger partial charge in [-0.25, -0.2) is 0 Å². The van der Waals surface area contributed by atoms with Crippen LogP contribution < -0.4 is 0 Å². The summed E-state index contributed by atoms with van der Waals surface area (Å²) in [5.74, 6) is 0. The molecule has 0 radical (unpaired) electrons. The van der Waals surface area contributed by atoms with Crippen LogP contribution in [0.1, 0.15) is 29.8 Å². The molecule has 5 heteroatoms. The second kappa shape index (κ2) is 4.89. The first kappa shape index (κ1) is 13.1. The van der Waals surface area contributed by atoms with Gasteiger partial charge in [-0.15, -0.1) is 0 Å². The lowest BCUT2D eigenvalue weighted by Gasteiger charge is -2.15. The Kier molecular flexibility index (Phi) is 3.20. The Labute approximate surface area is 114 Å². The largest absolute Gasteiger partial charge is 0.433 e. The molecule has 1 aliphatic rings. The van der Waals surface area contributed by atoms with Crippen LogP contribution in [-0.2, 0) is 19.0 Å². The molecule has 0 aromatic carbocycles. The molecule has 2 nitrogen and oxygen atoms in total. The van der Waals surface area contributed by atoms with Crippen LogP contribution in [0.2, 0.25) is 0 Å². The van der Waals surface area contributed by atoms with E-state index in [2.05, 4.69) is 9.97 Å². The first-order valence-corrected chi connectivity index (χ1v) is 6.56. The van der Waals surface area contributed by atoms with Crippen LogP contribution in [0, 0.1) is 0 Å². The van der Waals surface area contributed by atoms with Crippen LogP contribution >= 0.6 is 0 Å². The molecule has 20 heavy (non-hydrogen) atoms. The molecule has 0 bridgehead atoms. The fraction of sp³-hybridized carbons (Fsp3) is 0.333. The predicted octanol–water partition coefficient (Wildman–Crippen LogP) is 4.04. The molecule has 0 saturated heterocycles. The molecule has 0 N–H and O–H groups in total. The van der Waals surface area contributed by atoms with Crippen molar-refractivity contribution in [3.8, 4) is 11.3 Å². The molecule has 2 aromatic heterocycles. The summed E-state index contributed by atoms with van der Waals surface area (Å²) in [7, 11) is 0. The standard InChI is InChI=1S/C15H13F3N2/c16-15(17,18)14-9-11(7-8-19-14)13-6-5-10-3-1-2-4-12(10)20-13/h5-9H,1-4H2. The van der Waals surface area contributed by atoms with Crippen LogP contribution in [-0.4, -0.2) is 9.97 Å². The molecule has 0 aliphatic heterocycles. The number of aryl methyl sites for hydroxylation is 2. The van der Waals surface area contributed by atoms with Gasteiger partial charge in [0.1, 0.15) is 5.69 Å². The van der Waals surface area contributed by atoms with Crippen LogP contribution in [0.25, 0.3) is 11.3 Å². The lowest BCUT2D eigenvalue weighted by Crippen LogP contribution is -2.08. The molecular formula is C15H13F3N2. The highest BCUT2D eigenvalue weighted by Gasteiger charge is 2.32. The molecule has 104 valence electrons. The highest BCUT2D eigenvalue weighted by Crippen LogP contribution is 2.30. The Bertz CT molecular complexity index is 635. The zero-order valence-electron chi connectivity index (χ0n) is 10.7. The van der Waals surface area contributed by atoms with Crippen molar-refractivity contribution >= 4 is 0 Å². The molecule has 0 saturated carbocycles. The van der Waals surface area contributed by atoms with Crippen molar-refractivity contribution in [3.05, 3.63) is 47.4 Å². The summed E-state index contributed by atoms with van der Waals surface area (Å²) in [6.07, 6.45) is 0.908. The van der Waals surface area contributed by atoms with E-state index in [4.69, 9.17) is 0 Å². The van der Waals surface area contributed by atoms with Crippen LogP contribution in [0.3, 0.4) is 0 Å². The Morgan fingerprint density at radius 1 is 1.00 bits per heavy atom. The van der Waals surface area contributed by atoms with E-state index in [9.17, 15) is 13.2 Å². The third-order valence-electron chi connectivity index (χ3n) is 3.52. The van der Waals surface area contributed by atoms with E-state index in [1.807, 2.05) is 6.07 Å². The topological polar surface area (TPSA) is 25.8 Å². The lowest BCUT2D eigenvalue weighted by molar-refractivity contribution is -0.141. The van der Waals surface area contributed by atoms with Gasteiger partial charge in [0.15, 0.2) is 0 Å². The Hall–Kier alpha value is -1.91. The van der Waals surface area contributed by atoms with Crippen molar-refractivity contribution in [2.24, 2.45) is 0 Å². The fourth-order valence-corrected chi connectivity index (χ4v) is 2.49. The highest BCUT2D eigenvalue weighted by atomic mass is 19.4. The van der Waals surface area contributed by atoms with E-state index in [1.54, 1.807) is 12.1 Å². The van der Waals surface area contributed by atoms with E-state index >= 15 is 0 Å². The van der Waals surface area contributed by atoms with Crippen molar-refractivity contribution in [2.45, 2.75) is 31.9 Å². The molecular weight excluding hydrogens is 265 g/mol. The van der Waals surface area contributed by atoms with Crippen LogP contribution in [0.15, 0.2) is 30.5 Å². The van der Waals surface area contributed by atoms with Crippen molar-refractivity contribution in [1.29, 1.82) is 0 Å². The lowest BCUT2D eigenvalue weighted by atomic mass is 9.95. The van der Waals surface area contributed by atoms with Gasteiger partial charge in [-0.1, -0.05) is 6.07 Å². The van der Waals surface area contributed by atoms with Gasteiger partial charge >= 0.3 is 6.18 Å². The first-order chi connectivity index (χ1) is 9.54. The van der Waals surface area contributed by atoms with E-state index in [0.29, 0.717) is 11.3 Å². The molecule has 2 aromatic rings. The molecule has 0 spiro atoms. The number of halogens is 3. The maximum Gasteiger partial charge on any atom is 0.433 e. The first-order valence-electron chi connectivity index (χ1n) is 6.56. The summed E-state index contributed by atoms with van der Waals surface area (Å²) < 4.78 is 38.0. The summed E-state index contributed by atoms with van der Waals surface area (Å²) in [6.45, 7) is 0. The second-order valence-corrected chi connectivity index (χ2v) is 4.94. The fourth-order valence-electron chi connectivity index (χ4n) is 2.49. The number of aromatic nitrogens is 2. The average Bonchev–Trinajstić information content (AvgIpc) is 2.46. The minimum absolute atomic E-state index is 0.459.